The van der Waals surface area contributed by atoms with E-state index in [0.29, 0.717) is 12.8 Å². The van der Waals surface area contributed by atoms with Crippen LogP contribution in [0, 0.1) is 11.3 Å². The summed E-state index contributed by atoms with van der Waals surface area (Å²) >= 11 is 0. The van der Waals surface area contributed by atoms with E-state index in [4.69, 9.17) is 9.55 Å². The summed E-state index contributed by atoms with van der Waals surface area (Å²) < 4.78 is 28.7. The molecular formula is C13H18N2O3S. The van der Waals surface area contributed by atoms with Crippen LogP contribution in [0.3, 0.4) is 0 Å². The van der Waals surface area contributed by atoms with Gasteiger partial charge in [0.1, 0.15) is 6.07 Å². The van der Waals surface area contributed by atoms with Crippen molar-refractivity contribution in [3.63, 3.8) is 0 Å². The molecule has 0 radical (unpaired) electrons. The molecule has 0 spiro atoms. The van der Waals surface area contributed by atoms with Gasteiger partial charge in [0.25, 0.3) is 0 Å². The average Bonchev–Trinajstić information content (AvgIpc) is 2.94. The summed E-state index contributed by atoms with van der Waals surface area (Å²) in [5.41, 5.74) is 0.887. The Morgan fingerprint density at radius 2 is 2.05 bits per heavy atom. The lowest BCUT2D eigenvalue weighted by molar-refractivity contribution is 0.321. The third-order valence-corrected chi connectivity index (χ3v) is 5.21. The van der Waals surface area contributed by atoms with Crippen LogP contribution in [-0.4, -0.2) is 19.4 Å². The lowest BCUT2D eigenvalue weighted by atomic mass is 10.0. The van der Waals surface area contributed by atoms with Crippen molar-refractivity contribution in [2.24, 2.45) is 5.16 Å². The van der Waals surface area contributed by atoms with Crippen LogP contribution in [-0.2, 0) is 14.4 Å². The maximum Gasteiger partial charge on any atom is 0.331 e. The number of hydrogen-bond donors (Lipinski definition) is 0. The highest BCUT2D eigenvalue weighted by Crippen LogP contribution is 2.25. The van der Waals surface area contributed by atoms with Crippen LogP contribution in [0.1, 0.15) is 51.4 Å². The maximum absolute atomic E-state index is 12.0. The largest absolute Gasteiger partial charge is 0.331 e. The summed E-state index contributed by atoms with van der Waals surface area (Å²) in [7, 11) is -3.68. The van der Waals surface area contributed by atoms with Crippen molar-refractivity contribution >= 4 is 15.8 Å². The fourth-order valence-corrected chi connectivity index (χ4v) is 3.75. The first-order chi connectivity index (χ1) is 9.13. The van der Waals surface area contributed by atoms with Gasteiger partial charge in [-0.05, 0) is 37.7 Å². The number of nitriles is 1. The van der Waals surface area contributed by atoms with Gasteiger partial charge in [-0.15, -0.1) is 0 Å². The normalized spacial score (nSPS) is 21.8. The van der Waals surface area contributed by atoms with E-state index < -0.39 is 15.4 Å². The standard InChI is InChI=1S/C13H18N2O3S/c14-10-13(11-6-4-5-7-11)15-18-19(16,17)12-8-2-1-3-9-12/h6,12H,1-5,7-9H2. The highest BCUT2D eigenvalue weighted by Gasteiger charge is 2.29. The van der Waals surface area contributed by atoms with E-state index in [9.17, 15) is 8.42 Å². The number of rotatable bonds is 4. The zero-order valence-electron chi connectivity index (χ0n) is 10.8. The van der Waals surface area contributed by atoms with E-state index in [2.05, 4.69) is 5.16 Å². The third kappa shape index (κ3) is 3.57. The fourth-order valence-electron chi connectivity index (χ4n) is 2.54. The van der Waals surface area contributed by atoms with Gasteiger partial charge in [0, 0.05) is 0 Å². The second-order valence-corrected chi connectivity index (χ2v) is 6.80. The maximum atomic E-state index is 12.0. The SMILES string of the molecule is N#CC(=NOS(=O)(=O)C1CCCCC1)C1=CCCC1. The molecule has 0 aromatic heterocycles. The van der Waals surface area contributed by atoms with Crippen molar-refractivity contribution in [3.8, 4) is 6.07 Å². The van der Waals surface area contributed by atoms with Gasteiger partial charge in [0.15, 0.2) is 5.71 Å². The van der Waals surface area contributed by atoms with Gasteiger partial charge in [-0.2, -0.15) is 13.7 Å². The summed E-state index contributed by atoms with van der Waals surface area (Å²) in [5.74, 6) is 0. The molecule has 104 valence electrons. The third-order valence-electron chi connectivity index (χ3n) is 3.64. The molecule has 0 amide bonds. The van der Waals surface area contributed by atoms with Crippen molar-refractivity contribution in [2.45, 2.75) is 56.6 Å². The molecule has 0 saturated heterocycles. The van der Waals surface area contributed by atoms with Crippen LogP contribution in [0.15, 0.2) is 16.8 Å². The lowest BCUT2D eigenvalue weighted by Gasteiger charge is -2.19. The van der Waals surface area contributed by atoms with E-state index in [1.54, 1.807) is 0 Å². The predicted molar refractivity (Wildman–Crippen MR) is 71.9 cm³/mol. The molecule has 1 saturated carbocycles. The van der Waals surface area contributed by atoms with Crippen LogP contribution in [0.25, 0.3) is 0 Å². The Morgan fingerprint density at radius 1 is 1.32 bits per heavy atom. The smallest absolute Gasteiger partial charge is 0.267 e. The first-order valence-electron chi connectivity index (χ1n) is 6.73. The van der Waals surface area contributed by atoms with Crippen LogP contribution in [0.5, 0.6) is 0 Å². The molecule has 0 bridgehead atoms. The molecule has 5 nitrogen and oxygen atoms in total. The highest BCUT2D eigenvalue weighted by molar-refractivity contribution is 7.87. The predicted octanol–water partition coefficient (Wildman–Crippen LogP) is 2.66. The zero-order chi connectivity index (χ0) is 13.7. The van der Waals surface area contributed by atoms with Crippen molar-refractivity contribution in [2.75, 3.05) is 0 Å². The molecule has 2 rings (SSSR count). The molecular weight excluding hydrogens is 264 g/mol. The van der Waals surface area contributed by atoms with Crippen LogP contribution in [0.4, 0.5) is 0 Å². The van der Waals surface area contributed by atoms with Gasteiger partial charge < -0.3 is 0 Å². The Hall–Kier alpha value is -1.35. The Labute approximate surface area is 114 Å². The summed E-state index contributed by atoms with van der Waals surface area (Å²) in [4.78, 5) is 0. The van der Waals surface area contributed by atoms with Gasteiger partial charge in [0.2, 0.25) is 0 Å². The van der Waals surface area contributed by atoms with Crippen molar-refractivity contribution in [1.82, 2.24) is 0 Å². The van der Waals surface area contributed by atoms with Crippen LogP contribution < -0.4 is 0 Å². The van der Waals surface area contributed by atoms with Gasteiger partial charge in [0.05, 0.1) is 5.25 Å². The quantitative estimate of drug-likeness (QED) is 0.586. The number of oxime groups is 1. The van der Waals surface area contributed by atoms with E-state index >= 15 is 0 Å². The molecule has 19 heavy (non-hydrogen) atoms. The summed E-state index contributed by atoms with van der Waals surface area (Å²) in [6, 6.07) is 1.91. The Bertz CT molecular complexity index is 523. The van der Waals surface area contributed by atoms with E-state index in [1.807, 2.05) is 12.1 Å². The molecule has 0 heterocycles. The zero-order valence-corrected chi connectivity index (χ0v) is 11.7. The minimum Gasteiger partial charge on any atom is -0.267 e. The molecule has 0 N–H and O–H groups in total. The summed E-state index contributed by atoms with van der Waals surface area (Å²) in [5, 5.41) is 12.1. The number of hydrogen-bond acceptors (Lipinski definition) is 5. The van der Waals surface area contributed by atoms with Gasteiger partial charge in [-0.25, -0.2) is 0 Å². The van der Waals surface area contributed by atoms with E-state index in [1.165, 1.54) is 0 Å². The molecule has 0 aliphatic heterocycles. The summed E-state index contributed by atoms with van der Waals surface area (Å²) in [6.45, 7) is 0. The Kier molecular flexibility index (Phi) is 4.59. The van der Waals surface area contributed by atoms with Gasteiger partial charge in [-0.1, -0.05) is 30.5 Å². The molecule has 0 aromatic rings. The first kappa shape index (κ1) is 14.1. The van der Waals surface area contributed by atoms with Crippen LogP contribution in [0.2, 0.25) is 0 Å². The fraction of sp³-hybridized carbons (Fsp3) is 0.692. The second kappa shape index (κ2) is 6.20. The Balaban J connectivity index is 2.04. The first-order valence-corrected chi connectivity index (χ1v) is 8.20. The number of nitrogens with zero attached hydrogens (tertiary/aromatic N) is 2. The van der Waals surface area contributed by atoms with E-state index in [0.717, 1.165) is 44.1 Å². The average molecular weight is 282 g/mol. The minimum absolute atomic E-state index is 0.0943. The lowest BCUT2D eigenvalue weighted by Crippen LogP contribution is -2.25. The van der Waals surface area contributed by atoms with Crippen molar-refractivity contribution in [3.05, 3.63) is 11.6 Å². The molecule has 0 aromatic carbocycles. The van der Waals surface area contributed by atoms with E-state index in [-0.39, 0.29) is 5.71 Å². The molecule has 0 atom stereocenters. The minimum atomic E-state index is -3.68. The van der Waals surface area contributed by atoms with Gasteiger partial charge in [-0.3, -0.25) is 4.28 Å². The topological polar surface area (TPSA) is 79.5 Å². The summed E-state index contributed by atoms with van der Waals surface area (Å²) in [6.07, 6.45) is 8.71. The Morgan fingerprint density at radius 3 is 2.63 bits per heavy atom. The van der Waals surface area contributed by atoms with Gasteiger partial charge >= 0.3 is 10.1 Å². The molecule has 2 aliphatic carbocycles. The molecule has 0 unspecified atom stereocenters. The highest BCUT2D eigenvalue weighted by atomic mass is 32.2. The molecule has 2 aliphatic rings. The molecule has 1 fully saturated rings. The monoisotopic (exact) mass is 282 g/mol. The van der Waals surface area contributed by atoms with Crippen molar-refractivity contribution < 1.29 is 12.7 Å². The number of allylic oxidation sites excluding steroid dienone is 2. The molecule has 6 heteroatoms. The van der Waals surface area contributed by atoms with Crippen molar-refractivity contribution in [1.29, 1.82) is 5.26 Å². The van der Waals surface area contributed by atoms with Crippen LogP contribution >= 0.6 is 0 Å². The second-order valence-electron chi connectivity index (χ2n) is 5.00.